The van der Waals surface area contributed by atoms with Gasteiger partial charge >= 0.3 is 0 Å². The fourth-order valence-corrected chi connectivity index (χ4v) is 3.20. The van der Waals surface area contributed by atoms with Crippen LogP contribution in [0.4, 0.5) is 5.69 Å². The summed E-state index contributed by atoms with van der Waals surface area (Å²) in [6.45, 7) is 4.77. The first-order valence-corrected chi connectivity index (χ1v) is 7.89. The van der Waals surface area contributed by atoms with Gasteiger partial charge in [0.2, 0.25) is 0 Å². The Labute approximate surface area is 125 Å². The van der Waals surface area contributed by atoms with E-state index in [4.69, 9.17) is 4.74 Å². The molecule has 1 unspecified atom stereocenters. The molecule has 0 amide bonds. The molecule has 1 aliphatic carbocycles. The lowest BCUT2D eigenvalue weighted by Crippen LogP contribution is -2.19. The predicted molar refractivity (Wildman–Crippen MR) is 85.0 cm³/mol. The van der Waals surface area contributed by atoms with E-state index < -0.39 is 0 Å². The second kappa shape index (κ2) is 6.17. The van der Waals surface area contributed by atoms with Gasteiger partial charge in [0.1, 0.15) is 5.75 Å². The lowest BCUT2D eigenvalue weighted by Gasteiger charge is -2.22. The molecule has 1 N–H and O–H groups in total. The minimum absolute atomic E-state index is 0.508. The second-order valence-corrected chi connectivity index (χ2v) is 7.14. The molecular formula is C16H24BrNO. The topological polar surface area (TPSA) is 21.3 Å². The zero-order chi connectivity index (χ0) is 13.9. The third-order valence-electron chi connectivity index (χ3n) is 4.10. The van der Waals surface area contributed by atoms with E-state index >= 15 is 0 Å². The molecule has 1 saturated carbocycles. The summed E-state index contributed by atoms with van der Waals surface area (Å²) in [6.07, 6.45) is 6.48. The average molecular weight is 326 g/mol. The summed E-state index contributed by atoms with van der Waals surface area (Å²) in [6, 6.07) is 6.82. The first-order chi connectivity index (χ1) is 9.00. The summed E-state index contributed by atoms with van der Waals surface area (Å²) in [5.74, 6) is 0.888. The molecule has 1 atom stereocenters. The van der Waals surface area contributed by atoms with Crippen LogP contribution >= 0.6 is 15.9 Å². The van der Waals surface area contributed by atoms with Crippen LogP contribution in [0.5, 0.6) is 5.75 Å². The summed E-state index contributed by atoms with van der Waals surface area (Å²) < 4.78 is 6.35. The molecule has 0 aliphatic heterocycles. The van der Waals surface area contributed by atoms with Crippen LogP contribution < -0.4 is 10.1 Å². The third kappa shape index (κ3) is 4.13. The van der Waals surface area contributed by atoms with Crippen LogP contribution in [0.25, 0.3) is 0 Å². The van der Waals surface area contributed by atoms with Gasteiger partial charge in [0.05, 0.1) is 11.6 Å². The number of rotatable bonds is 3. The van der Waals surface area contributed by atoms with Crippen LogP contribution in [0, 0.1) is 5.41 Å². The lowest BCUT2D eigenvalue weighted by molar-refractivity contribution is 0.313. The molecule has 0 bridgehead atoms. The van der Waals surface area contributed by atoms with Crippen molar-refractivity contribution in [3.05, 3.63) is 22.7 Å². The number of hydrogen-bond donors (Lipinski definition) is 1. The Morgan fingerprint density at radius 3 is 2.79 bits per heavy atom. The van der Waals surface area contributed by atoms with Gasteiger partial charge in [0, 0.05) is 17.8 Å². The van der Waals surface area contributed by atoms with Crippen LogP contribution in [0.15, 0.2) is 22.7 Å². The molecule has 106 valence electrons. The van der Waals surface area contributed by atoms with Gasteiger partial charge in [-0.1, -0.05) is 20.3 Å². The molecule has 3 heteroatoms. The van der Waals surface area contributed by atoms with E-state index in [9.17, 15) is 0 Å². The number of hydrogen-bond acceptors (Lipinski definition) is 2. The first-order valence-electron chi connectivity index (χ1n) is 7.10. The molecule has 0 spiro atoms. The van der Waals surface area contributed by atoms with Crippen LogP contribution in [0.3, 0.4) is 0 Å². The van der Waals surface area contributed by atoms with Gasteiger partial charge in [-0.05, 0) is 59.2 Å². The monoisotopic (exact) mass is 325 g/mol. The zero-order valence-electron chi connectivity index (χ0n) is 12.1. The smallest absolute Gasteiger partial charge is 0.135 e. The molecule has 0 saturated heterocycles. The SMILES string of the molecule is COc1cc(NC2CCCC(C)(C)CC2)ccc1Br. The highest BCUT2D eigenvalue weighted by atomic mass is 79.9. The van der Waals surface area contributed by atoms with Gasteiger partial charge in [-0.2, -0.15) is 0 Å². The van der Waals surface area contributed by atoms with Crippen LogP contribution in [0.2, 0.25) is 0 Å². The lowest BCUT2D eigenvalue weighted by atomic mass is 9.85. The van der Waals surface area contributed by atoms with Crippen molar-refractivity contribution in [3.63, 3.8) is 0 Å². The summed E-state index contributed by atoms with van der Waals surface area (Å²) in [4.78, 5) is 0. The highest BCUT2D eigenvalue weighted by Gasteiger charge is 2.24. The molecule has 0 radical (unpaired) electrons. The molecular weight excluding hydrogens is 302 g/mol. The minimum Gasteiger partial charge on any atom is -0.495 e. The standard InChI is InChI=1S/C16H24BrNO/c1-16(2)9-4-5-12(8-10-16)18-13-6-7-14(17)15(11-13)19-3/h6-7,11-12,18H,4-5,8-10H2,1-3H3. The van der Waals surface area contributed by atoms with E-state index in [0.29, 0.717) is 11.5 Å². The van der Waals surface area contributed by atoms with Gasteiger partial charge in [-0.25, -0.2) is 0 Å². The Kier molecular flexibility index (Phi) is 4.77. The quantitative estimate of drug-likeness (QED) is 0.768. The van der Waals surface area contributed by atoms with Crippen molar-refractivity contribution in [3.8, 4) is 5.75 Å². The highest BCUT2D eigenvalue weighted by molar-refractivity contribution is 9.10. The molecule has 2 nitrogen and oxygen atoms in total. The Hall–Kier alpha value is -0.700. The normalized spacial score (nSPS) is 22.6. The van der Waals surface area contributed by atoms with Crippen LogP contribution in [-0.2, 0) is 0 Å². The van der Waals surface area contributed by atoms with Crippen molar-refractivity contribution in [2.45, 2.75) is 52.0 Å². The molecule has 1 fully saturated rings. The fourth-order valence-electron chi connectivity index (χ4n) is 2.79. The largest absolute Gasteiger partial charge is 0.495 e. The number of halogens is 1. The second-order valence-electron chi connectivity index (χ2n) is 6.29. The minimum atomic E-state index is 0.508. The Bertz CT molecular complexity index is 431. The van der Waals surface area contributed by atoms with Crippen LogP contribution in [-0.4, -0.2) is 13.2 Å². The molecule has 1 aromatic rings. The third-order valence-corrected chi connectivity index (χ3v) is 4.75. The number of benzene rings is 1. The van der Waals surface area contributed by atoms with Crippen molar-refractivity contribution in [2.75, 3.05) is 12.4 Å². The van der Waals surface area contributed by atoms with Crippen molar-refractivity contribution in [1.29, 1.82) is 0 Å². The van der Waals surface area contributed by atoms with Gasteiger partial charge in [0.15, 0.2) is 0 Å². The predicted octanol–water partition coefficient (Wildman–Crippen LogP) is 5.23. The molecule has 0 heterocycles. The van der Waals surface area contributed by atoms with Crippen molar-refractivity contribution in [1.82, 2.24) is 0 Å². The molecule has 19 heavy (non-hydrogen) atoms. The number of nitrogens with one attached hydrogen (secondary N) is 1. The molecule has 2 rings (SSSR count). The van der Waals surface area contributed by atoms with Gasteiger partial charge < -0.3 is 10.1 Å². The molecule has 1 aromatic carbocycles. The summed E-state index contributed by atoms with van der Waals surface area (Å²) in [7, 11) is 1.71. The number of ether oxygens (including phenoxy) is 1. The van der Waals surface area contributed by atoms with Gasteiger partial charge in [-0.15, -0.1) is 0 Å². The first kappa shape index (κ1) is 14.7. The van der Waals surface area contributed by atoms with Crippen molar-refractivity contribution >= 4 is 21.6 Å². The maximum absolute atomic E-state index is 5.35. The summed E-state index contributed by atoms with van der Waals surface area (Å²) in [5, 5.41) is 3.66. The van der Waals surface area contributed by atoms with E-state index in [1.165, 1.54) is 32.1 Å². The number of methoxy groups -OCH3 is 1. The van der Waals surface area contributed by atoms with Gasteiger partial charge in [-0.3, -0.25) is 0 Å². The molecule has 1 aliphatic rings. The van der Waals surface area contributed by atoms with E-state index in [1.54, 1.807) is 7.11 Å². The molecule has 0 aromatic heterocycles. The Morgan fingerprint density at radius 2 is 2.05 bits per heavy atom. The Balaban J connectivity index is 2.01. The van der Waals surface area contributed by atoms with E-state index in [1.807, 2.05) is 6.07 Å². The van der Waals surface area contributed by atoms with Crippen LogP contribution in [0.1, 0.15) is 46.0 Å². The van der Waals surface area contributed by atoms with E-state index in [-0.39, 0.29) is 0 Å². The number of anilines is 1. The maximum Gasteiger partial charge on any atom is 0.135 e. The fraction of sp³-hybridized carbons (Fsp3) is 0.625. The van der Waals surface area contributed by atoms with E-state index in [2.05, 4.69) is 47.2 Å². The van der Waals surface area contributed by atoms with Crippen molar-refractivity contribution < 1.29 is 4.74 Å². The van der Waals surface area contributed by atoms with Crippen molar-refractivity contribution in [2.24, 2.45) is 5.41 Å². The van der Waals surface area contributed by atoms with Gasteiger partial charge in [0.25, 0.3) is 0 Å². The summed E-state index contributed by atoms with van der Waals surface area (Å²) in [5.41, 5.74) is 1.66. The Morgan fingerprint density at radius 1 is 1.26 bits per heavy atom. The highest BCUT2D eigenvalue weighted by Crippen LogP contribution is 2.35. The zero-order valence-corrected chi connectivity index (χ0v) is 13.7. The van der Waals surface area contributed by atoms with E-state index in [0.717, 1.165) is 15.9 Å². The average Bonchev–Trinajstić information content (AvgIpc) is 2.53. The maximum atomic E-state index is 5.35. The summed E-state index contributed by atoms with van der Waals surface area (Å²) >= 11 is 3.49.